The summed E-state index contributed by atoms with van der Waals surface area (Å²) in [5.74, 6) is 2.59. The van der Waals surface area contributed by atoms with Gasteiger partial charge in [0.2, 0.25) is 0 Å². The number of nitrogens with one attached hydrogen (secondary N) is 2. The fourth-order valence-electron chi connectivity index (χ4n) is 3.14. The molecule has 0 aromatic heterocycles. The zero-order valence-corrected chi connectivity index (χ0v) is 15.5. The number of nitrogens with zero attached hydrogens (tertiary/aromatic N) is 1. The highest BCUT2D eigenvalue weighted by Crippen LogP contribution is 2.27. The molecule has 6 heteroatoms. The third-order valence-electron chi connectivity index (χ3n) is 4.60. The van der Waals surface area contributed by atoms with Crippen LogP contribution in [0.3, 0.4) is 0 Å². The maximum atomic E-state index is 9.92. The van der Waals surface area contributed by atoms with Gasteiger partial charge in [0.15, 0.2) is 17.5 Å². The second kappa shape index (κ2) is 10.1. The fraction of sp³-hybridized carbons (Fsp3) is 0.632. The van der Waals surface area contributed by atoms with Gasteiger partial charge in [-0.05, 0) is 43.9 Å². The van der Waals surface area contributed by atoms with Gasteiger partial charge in [0, 0.05) is 25.6 Å². The first-order chi connectivity index (χ1) is 12.2. The van der Waals surface area contributed by atoms with Crippen LogP contribution in [-0.2, 0) is 6.42 Å². The number of hydrogen-bond acceptors (Lipinski definition) is 4. The Morgan fingerprint density at radius 3 is 2.64 bits per heavy atom. The molecule has 140 valence electrons. The van der Waals surface area contributed by atoms with Crippen LogP contribution < -0.4 is 20.1 Å². The minimum atomic E-state index is -0.196. The Hall–Kier alpha value is -1.95. The van der Waals surface area contributed by atoms with E-state index in [4.69, 9.17) is 9.47 Å². The molecule has 1 fully saturated rings. The summed E-state index contributed by atoms with van der Waals surface area (Å²) < 4.78 is 10.6. The Balaban J connectivity index is 1.86. The lowest BCUT2D eigenvalue weighted by Crippen LogP contribution is -2.39. The average molecular weight is 349 g/mol. The summed E-state index contributed by atoms with van der Waals surface area (Å²) in [7, 11) is 3.28. The summed E-state index contributed by atoms with van der Waals surface area (Å²) in [6.45, 7) is 4.31. The summed E-state index contributed by atoms with van der Waals surface area (Å²) in [6.07, 6.45) is 3.74. The molecule has 0 radical (unpaired) electrons. The summed E-state index contributed by atoms with van der Waals surface area (Å²) in [5.41, 5.74) is 1.17. The number of aliphatic hydroxyl groups is 1. The molecule has 0 spiro atoms. The predicted molar refractivity (Wildman–Crippen MR) is 101 cm³/mol. The number of benzene rings is 1. The molecule has 2 rings (SSSR count). The summed E-state index contributed by atoms with van der Waals surface area (Å²) >= 11 is 0. The molecular weight excluding hydrogens is 318 g/mol. The number of ether oxygens (including phenoxy) is 2. The Kier molecular flexibility index (Phi) is 7.85. The van der Waals surface area contributed by atoms with Gasteiger partial charge >= 0.3 is 0 Å². The third kappa shape index (κ3) is 5.81. The number of hydrogen-bond donors (Lipinski definition) is 3. The minimum absolute atomic E-state index is 0.196. The van der Waals surface area contributed by atoms with Crippen LogP contribution in [0, 0.1) is 5.92 Å². The van der Waals surface area contributed by atoms with Crippen molar-refractivity contribution in [1.29, 1.82) is 0 Å². The molecule has 25 heavy (non-hydrogen) atoms. The van der Waals surface area contributed by atoms with Crippen LogP contribution in [0.15, 0.2) is 23.2 Å². The van der Waals surface area contributed by atoms with Crippen molar-refractivity contribution in [1.82, 2.24) is 10.6 Å². The smallest absolute Gasteiger partial charge is 0.191 e. The minimum Gasteiger partial charge on any atom is -0.493 e. The monoisotopic (exact) mass is 349 g/mol. The highest BCUT2D eigenvalue weighted by atomic mass is 16.5. The van der Waals surface area contributed by atoms with Gasteiger partial charge in [-0.15, -0.1) is 0 Å². The SMILES string of the molecule is CCNC(=NCC1CCCC1O)NCCc1ccc(OC)c(OC)c1. The molecule has 0 heterocycles. The van der Waals surface area contributed by atoms with E-state index >= 15 is 0 Å². The van der Waals surface area contributed by atoms with E-state index < -0.39 is 0 Å². The van der Waals surface area contributed by atoms with Crippen molar-refractivity contribution in [2.24, 2.45) is 10.9 Å². The molecule has 0 aliphatic heterocycles. The standard InChI is InChI=1S/C19H31N3O3/c1-4-20-19(22-13-15-6-5-7-16(15)23)21-11-10-14-8-9-17(24-2)18(12-14)25-3/h8-9,12,15-16,23H,4-7,10-11,13H2,1-3H3,(H2,20,21,22). The lowest BCUT2D eigenvalue weighted by molar-refractivity contribution is 0.136. The molecule has 1 aliphatic rings. The average Bonchev–Trinajstić information content (AvgIpc) is 3.04. The Morgan fingerprint density at radius 2 is 2.00 bits per heavy atom. The van der Waals surface area contributed by atoms with E-state index in [1.54, 1.807) is 14.2 Å². The Labute approximate surface area is 150 Å². The number of aliphatic imine (C=N–C) groups is 1. The molecule has 1 aliphatic carbocycles. The van der Waals surface area contributed by atoms with Gasteiger partial charge in [0.1, 0.15) is 0 Å². The number of rotatable bonds is 8. The van der Waals surface area contributed by atoms with E-state index in [1.165, 1.54) is 5.56 Å². The summed E-state index contributed by atoms with van der Waals surface area (Å²) in [4.78, 5) is 4.63. The zero-order valence-electron chi connectivity index (χ0n) is 15.5. The third-order valence-corrected chi connectivity index (χ3v) is 4.60. The Morgan fingerprint density at radius 1 is 1.20 bits per heavy atom. The van der Waals surface area contributed by atoms with E-state index in [0.29, 0.717) is 12.5 Å². The van der Waals surface area contributed by atoms with Crippen molar-refractivity contribution < 1.29 is 14.6 Å². The van der Waals surface area contributed by atoms with Crippen molar-refractivity contribution in [3.05, 3.63) is 23.8 Å². The molecule has 2 atom stereocenters. The lowest BCUT2D eigenvalue weighted by Gasteiger charge is -2.15. The van der Waals surface area contributed by atoms with Crippen LogP contribution >= 0.6 is 0 Å². The van der Waals surface area contributed by atoms with Crippen LogP contribution in [0.2, 0.25) is 0 Å². The largest absolute Gasteiger partial charge is 0.493 e. The molecule has 1 aromatic carbocycles. The highest BCUT2D eigenvalue weighted by Gasteiger charge is 2.24. The first-order valence-corrected chi connectivity index (χ1v) is 9.09. The molecule has 0 amide bonds. The van der Waals surface area contributed by atoms with Crippen LogP contribution in [0.1, 0.15) is 31.7 Å². The highest BCUT2D eigenvalue weighted by molar-refractivity contribution is 5.79. The molecule has 0 saturated heterocycles. The van der Waals surface area contributed by atoms with E-state index in [-0.39, 0.29) is 6.10 Å². The topological polar surface area (TPSA) is 75.1 Å². The zero-order chi connectivity index (χ0) is 18.1. The van der Waals surface area contributed by atoms with Gasteiger partial charge < -0.3 is 25.2 Å². The van der Waals surface area contributed by atoms with Gasteiger partial charge in [-0.3, -0.25) is 4.99 Å². The van der Waals surface area contributed by atoms with Gasteiger partial charge in [-0.1, -0.05) is 12.5 Å². The van der Waals surface area contributed by atoms with Gasteiger partial charge in [-0.25, -0.2) is 0 Å². The first-order valence-electron chi connectivity index (χ1n) is 9.09. The predicted octanol–water partition coefficient (Wildman–Crippen LogP) is 1.96. The van der Waals surface area contributed by atoms with Crippen molar-refractivity contribution in [2.75, 3.05) is 33.9 Å². The summed E-state index contributed by atoms with van der Waals surface area (Å²) in [6, 6.07) is 5.97. The van der Waals surface area contributed by atoms with Crippen LogP contribution in [0.5, 0.6) is 11.5 Å². The van der Waals surface area contributed by atoms with Crippen LogP contribution in [-0.4, -0.2) is 51.0 Å². The number of guanidine groups is 1. The maximum Gasteiger partial charge on any atom is 0.191 e. The van der Waals surface area contributed by atoms with E-state index in [1.807, 2.05) is 18.2 Å². The number of aliphatic hydroxyl groups excluding tert-OH is 1. The van der Waals surface area contributed by atoms with Gasteiger partial charge in [0.05, 0.1) is 20.3 Å². The van der Waals surface area contributed by atoms with Crippen LogP contribution in [0.25, 0.3) is 0 Å². The second-order valence-electron chi connectivity index (χ2n) is 6.34. The van der Waals surface area contributed by atoms with Gasteiger partial charge in [0.25, 0.3) is 0 Å². The molecule has 3 N–H and O–H groups in total. The molecule has 2 unspecified atom stereocenters. The second-order valence-corrected chi connectivity index (χ2v) is 6.34. The Bertz CT molecular complexity index is 563. The maximum absolute atomic E-state index is 9.92. The lowest BCUT2D eigenvalue weighted by atomic mass is 10.1. The quantitative estimate of drug-likeness (QED) is 0.494. The summed E-state index contributed by atoms with van der Waals surface area (Å²) in [5, 5.41) is 16.5. The molecule has 0 bridgehead atoms. The van der Waals surface area contributed by atoms with E-state index in [0.717, 1.165) is 56.2 Å². The van der Waals surface area contributed by atoms with Crippen LogP contribution in [0.4, 0.5) is 0 Å². The normalized spacial score (nSPS) is 20.4. The van der Waals surface area contributed by atoms with Gasteiger partial charge in [-0.2, -0.15) is 0 Å². The first kappa shape index (κ1) is 19.4. The van der Waals surface area contributed by atoms with Crippen molar-refractivity contribution in [3.63, 3.8) is 0 Å². The molecule has 1 aromatic rings. The molecular formula is C19H31N3O3. The van der Waals surface area contributed by atoms with E-state index in [9.17, 15) is 5.11 Å². The van der Waals surface area contributed by atoms with Crippen molar-refractivity contribution in [3.8, 4) is 11.5 Å². The number of methoxy groups -OCH3 is 2. The molecule has 6 nitrogen and oxygen atoms in total. The molecule has 1 saturated carbocycles. The van der Waals surface area contributed by atoms with Crippen molar-refractivity contribution in [2.45, 2.75) is 38.7 Å². The van der Waals surface area contributed by atoms with E-state index in [2.05, 4.69) is 22.5 Å². The fourth-order valence-corrected chi connectivity index (χ4v) is 3.14. The van der Waals surface area contributed by atoms with Crippen molar-refractivity contribution >= 4 is 5.96 Å².